The van der Waals surface area contributed by atoms with Gasteiger partial charge in [-0.3, -0.25) is 0 Å². The summed E-state index contributed by atoms with van der Waals surface area (Å²) < 4.78 is 5.12. The third kappa shape index (κ3) is 3.51. The molecule has 0 amide bonds. The Labute approximate surface area is 108 Å². The van der Waals surface area contributed by atoms with E-state index in [1.54, 1.807) is 7.11 Å². The molecule has 0 aromatic heterocycles. The van der Waals surface area contributed by atoms with E-state index in [4.69, 9.17) is 16.3 Å². The van der Waals surface area contributed by atoms with E-state index in [-0.39, 0.29) is 0 Å². The molecule has 1 aliphatic rings. The Morgan fingerprint density at radius 3 is 2.76 bits per heavy atom. The van der Waals surface area contributed by atoms with Crippen LogP contribution in [0.15, 0.2) is 18.2 Å². The van der Waals surface area contributed by atoms with Crippen molar-refractivity contribution in [2.24, 2.45) is 0 Å². The van der Waals surface area contributed by atoms with Crippen molar-refractivity contribution in [3.8, 4) is 5.75 Å². The third-order valence-electron chi connectivity index (χ3n) is 3.11. The average molecular weight is 255 g/mol. The van der Waals surface area contributed by atoms with Gasteiger partial charge in [-0.25, -0.2) is 0 Å². The van der Waals surface area contributed by atoms with Crippen molar-refractivity contribution in [1.82, 2.24) is 4.90 Å². The average Bonchev–Trinajstić information content (AvgIpc) is 2.82. The van der Waals surface area contributed by atoms with E-state index < -0.39 is 0 Å². The van der Waals surface area contributed by atoms with Crippen LogP contribution in [0.3, 0.4) is 0 Å². The molecule has 0 spiro atoms. The Hall–Kier alpha value is -0.930. The monoisotopic (exact) mass is 254 g/mol. The molecule has 17 heavy (non-hydrogen) atoms. The van der Waals surface area contributed by atoms with Crippen molar-refractivity contribution < 1.29 is 4.74 Å². The van der Waals surface area contributed by atoms with E-state index >= 15 is 0 Å². The van der Waals surface area contributed by atoms with Crippen LogP contribution in [0.2, 0.25) is 5.02 Å². The minimum atomic E-state index is 0.652. The Morgan fingerprint density at radius 2 is 2.12 bits per heavy atom. The van der Waals surface area contributed by atoms with Gasteiger partial charge in [-0.1, -0.05) is 11.6 Å². The van der Waals surface area contributed by atoms with Crippen LogP contribution in [0.1, 0.15) is 12.8 Å². The first-order valence-electron chi connectivity index (χ1n) is 6.09. The van der Waals surface area contributed by atoms with Crippen LogP contribution in [0, 0.1) is 0 Å². The van der Waals surface area contributed by atoms with Gasteiger partial charge in [0, 0.05) is 18.8 Å². The zero-order valence-corrected chi connectivity index (χ0v) is 11.0. The Morgan fingerprint density at radius 1 is 1.35 bits per heavy atom. The molecule has 1 aliphatic heterocycles. The second kappa shape index (κ2) is 6.12. The lowest BCUT2D eigenvalue weighted by Crippen LogP contribution is -2.25. The molecule has 1 aromatic rings. The van der Waals surface area contributed by atoms with Crippen molar-refractivity contribution in [3.63, 3.8) is 0 Å². The van der Waals surface area contributed by atoms with E-state index in [0.29, 0.717) is 5.02 Å². The first-order valence-corrected chi connectivity index (χ1v) is 6.47. The van der Waals surface area contributed by atoms with Crippen molar-refractivity contribution in [2.45, 2.75) is 12.8 Å². The molecule has 0 atom stereocenters. The molecule has 1 heterocycles. The molecule has 0 radical (unpaired) electrons. The first kappa shape index (κ1) is 12.5. The van der Waals surface area contributed by atoms with Gasteiger partial charge in [0.25, 0.3) is 0 Å². The van der Waals surface area contributed by atoms with Crippen LogP contribution in [-0.2, 0) is 0 Å². The van der Waals surface area contributed by atoms with Gasteiger partial charge in [0.2, 0.25) is 0 Å². The Balaban J connectivity index is 1.80. The van der Waals surface area contributed by atoms with E-state index in [1.807, 2.05) is 18.2 Å². The van der Waals surface area contributed by atoms with E-state index in [0.717, 1.165) is 24.5 Å². The van der Waals surface area contributed by atoms with Crippen LogP contribution in [0.25, 0.3) is 0 Å². The molecule has 4 heteroatoms. The summed E-state index contributed by atoms with van der Waals surface area (Å²) in [5, 5.41) is 4.03. The second-order valence-corrected chi connectivity index (χ2v) is 4.73. The van der Waals surface area contributed by atoms with Gasteiger partial charge in [0.05, 0.1) is 12.1 Å². The summed E-state index contributed by atoms with van der Waals surface area (Å²) in [5.74, 6) is 0.719. The number of nitrogens with one attached hydrogen (secondary N) is 1. The topological polar surface area (TPSA) is 24.5 Å². The molecule has 1 aromatic carbocycles. The molecule has 0 bridgehead atoms. The van der Waals surface area contributed by atoms with Gasteiger partial charge in [-0.05, 0) is 44.1 Å². The van der Waals surface area contributed by atoms with Crippen molar-refractivity contribution >= 4 is 17.3 Å². The Kier molecular flexibility index (Phi) is 4.51. The lowest BCUT2D eigenvalue weighted by molar-refractivity contribution is 0.352. The van der Waals surface area contributed by atoms with Crippen molar-refractivity contribution in [3.05, 3.63) is 23.2 Å². The maximum Gasteiger partial charge on any atom is 0.137 e. The summed E-state index contributed by atoms with van der Waals surface area (Å²) in [5.41, 5.74) is 1.05. The quantitative estimate of drug-likeness (QED) is 0.875. The van der Waals surface area contributed by atoms with Crippen LogP contribution >= 0.6 is 11.6 Å². The van der Waals surface area contributed by atoms with Gasteiger partial charge < -0.3 is 15.0 Å². The predicted molar refractivity (Wildman–Crippen MR) is 72.2 cm³/mol. The lowest BCUT2D eigenvalue weighted by Gasteiger charge is -2.15. The molecular formula is C13H19ClN2O. The molecule has 0 aliphatic carbocycles. The SMILES string of the molecule is COc1ccc(NCCN2CCCC2)cc1Cl. The predicted octanol–water partition coefficient (Wildman–Crippen LogP) is 2.86. The van der Waals surface area contributed by atoms with E-state index in [1.165, 1.54) is 25.9 Å². The highest BCUT2D eigenvalue weighted by atomic mass is 35.5. The normalized spacial score (nSPS) is 16.1. The summed E-state index contributed by atoms with van der Waals surface area (Å²) in [7, 11) is 1.63. The number of benzene rings is 1. The maximum absolute atomic E-state index is 6.06. The number of rotatable bonds is 5. The van der Waals surface area contributed by atoms with Gasteiger partial charge in [-0.15, -0.1) is 0 Å². The number of hydrogen-bond donors (Lipinski definition) is 1. The first-order chi connectivity index (χ1) is 8.29. The molecule has 1 saturated heterocycles. The van der Waals surface area contributed by atoms with E-state index in [2.05, 4.69) is 10.2 Å². The number of ether oxygens (including phenoxy) is 1. The maximum atomic E-state index is 6.06. The summed E-state index contributed by atoms with van der Waals surface area (Å²) in [6.45, 7) is 4.54. The lowest BCUT2D eigenvalue weighted by atomic mass is 10.3. The minimum Gasteiger partial charge on any atom is -0.495 e. The van der Waals surface area contributed by atoms with Crippen LogP contribution in [0.5, 0.6) is 5.75 Å². The number of halogens is 1. The zero-order chi connectivity index (χ0) is 12.1. The molecule has 1 fully saturated rings. The zero-order valence-electron chi connectivity index (χ0n) is 10.2. The van der Waals surface area contributed by atoms with Gasteiger partial charge in [-0.2, -0.15) is 0 Å². The summed E-state index contributed by atoms with van der Waals surface area (Å²) >= 11 is 6.06. The highest BCUT2D eigenvalue weighted by molar-refractivity contribution is 6.32. The summed E-state index contributed by atoms with van der Waals surface area (Å²) in [4.78, 5) is 2.48. The Bertz CT molecular complexity index is 364. The van der Waals surface area contributed by atoms with Crippen LogP contribution < -0.4 is 10.1 Å². The minimum absolute atomic E-state index is 0.652. The highest BCUT2D eigenvalue weighted by Gasteiger charge is 2.10. The number of likely N-dealkylation sites (tertiary alicyclic amines) is 1. The fourth-order valence-corrected chi connectivity index (χ4v) is 2.40. The highest BCUT2D eigenvalue weighted by Crippen LogP contribution is 2.27. The van der Waals surface area contributed by atoms with Crippen molar-refractivity contribution in [2.75, 3.05) is 38.6 Å². The molecule has 0 saturated carbocycles. The summed E-state index contributed by atoms with van der Waals surface area (Å²) in [6, 6.07) is 5.79. The van der Waals surface area contributed by atoms with Crippen LogP contribution in [-0.4, -0.2) is 38.2 Å². The molecule has 94 valence electrons. The molecule has 3 nitrogen and oxygen atoms in total. The number of anilines is 1. The number of nitrogens with zero attached hydrogens (tertiary/aromatic N) is 1. The number of hydrogen-bond acceptors (Lipinski definition) is 3. The summed E-state index contributed by atoms with van der Waals surface area (Å²) in [6.07, 6.45) is 2.68. The van der Waals surface area contributed by atoms with Crippen LogP contribution in [0.4, 0.5) is 5.69 Å². The molecule has 0 unspecified atom stereocenters. The van der Waals surface area contributed by atoms with Gasteiger partial charge >= 0.3 is 0 Å². The fraction of sp³-hybridized carbons (Fsp3) is 0.538. The van der Waals surface area contributed by atoms with E-state index in [9.17, 15) is 0 Å². The molecule has 1 N–H and O–H groups in total. The van der Waals surface area contributed by atoms with Crippen molar-refractivity contribution in [1.29, 1.82) is 0 Å². The largest absolute Gasteiger partial charge is 0.495 e. The van der Waals surface area contributed by atoms with Gasteiger partial charge in [0.15, 0.2) is 0 Å². The fourth-order valence-electron chi connectivity index (χ4n) is 2.14. The van der Waals surface area contributed by atoms with Gasteiger partial charge in [0.1, 0.15) is 5.75 Å². The number of methoxy groups -OCH3 is 1. The molecule has 2 rings (SSSR count). The smallest absolute Gasteiger partial charge is 0.137 e. The molecular weight excluding hydrogens is 236 g/mol. The second-order valence-electron chi connectivity index (χ2n) is 4.32. The third-order valence-corrected chi connectivity index (χ3v) is 3.40. The standard InChI is InChI=1S/C13H19ClN2O/c1-17-13-5-4-11(10-12(13)14)15-6-9-16-7-2-3-8-16/h4-5,10,15H,2-3,6-9H2,1H3.